The van der Waals surface area contributed by atoms with E-state index in [2.05, 4.69) is 28.3 Å². The summed E-state index contributed by atoms with van der Waals surface area (Å²) in [6.45, 7) is 5.94. The van der Waals surface area contributed by atoms with E-state index < -0.39 is 0 Å². The van der Waals surface area contributed by atoms with Gasteiger partial charge in [0.2, 0.25) is 0 Å². The molecule has 1 heterocycles. The van der Waals surface area contributed by atoms with Crippen LogP contribution in [0.5, 0.6) is 0 Å². The van der Waals surface area contributed by atoms with Crippen molar-refractivity contribution < 1.29 is 0 Å². The van der Waals surface area contributed by atoms with Crippen molar-refractivity contribution in [1.29, 1.82) is 5.26 Å². The molecule has 0 saturated heterocycles. The van der Waals surface area contributed by atoms with Crippen LogP contribution in [0.2, 0.25) is 0 Å². The molecule has 1 atom stereocenters. The van der Waals surface area contributed by atoms with Crippen LogP contribution < -0.4 is 5.32 Å². The smallest absolute Gasteiger partial charge is 0.145 e. The minimum absolute atomic E-state index is 0.115. The molecule has 0 amide bonds. The maximum Gasteiger partial charge on any atom is 0.145 e. The molecule has 0 fully saturated rings. The highest BCUT2D eigenvalue weighted by molar-refractivity contribution is 5.39. The van der Waals surface area contributed by atoms with Crippen LogP contribution in [0.25, 0.3) is 0 Å². The van der Waals surface area contributed by atoms with Crippen molar-refractivity contribution in [1.82, 2.24) is 9.97 Å². The normalized spacial score (nSPS) is 11.7. The van der Waals surface area contributed by atoms with E-state index in [0.717, 1.165) is 22.8 Å². The fraction of sp³-hybridized carbons (Fsp3) is 0.267. The Kier molecular flexibility index (Phi) is 3.76. The summed E-state index contributed by atoms with van der Waals surface area (Å²) in [4.78, 5) is 8.73. The Morgan fingerprint density at radius 1 is 1.16 bits per heavy atom. The lowest BCUT2D eigenvalue weighted by Gasteiger charge is -2.15. The van der Waals surface area contributed by atoms with Crippen LogP contribution in [0.1, 0.15) is 35.5 Å². The number of benzene rings is 1. The van der Waals surface area contributed by atoms with Crippen LogP contribution >= 0.6 is 0 Å². The SMILES string of the molecule is Cc1ncc(NC(C)c2ccc(C#N)cc2)nc1C. The van der Waals surface area contributed by atoms with Gasteiger partial charge in [0.1, 0.15) is 5.82 Å². The van der Waals surface area contributed by atoms with Crippen LogP contribution in [-0.2, 0) is 0 Å². The van der Waals surface area contributed by atoms with Crippen molar-refractivity contribution in [2.45, 2.75) is 26.8 Å². The van der Waals surface area contributed by atoms with Crippen molar-refractivity contribution in [3.8, 4) is 6.07 Å². The Morgan fingerprint density at radius 2 is 1.84 bits per heavy atom. The summed E-state index contributed by atoms with van der Waals surface area (Å²) in [5, 5.41) is 12.1. The van der Waals surface area contributed by atoms with E-state index in [9.17, 15) is 0 Å². The van der Waals surface area contributed by atoms with Gasteiger partial charge in [0.25, 0.3) is 0 Å². The maximum atomic E-state index is 8.77. The van der Waals surface area contributed by atoms with Gasteiger partial charge in [-0.15, -0.1) is 0 Å². The van der Waals surface area contributed by atoms with Gasteiger partial charge in [-0.2, -0.15) is 5.26 Å². The van der Waals surface area contributed by atoms with E-state index in [1.165, 1.54) is 0 Å². The number of aryl methyl sites for hydroxylation is 2. The quantitative estimate of drug-likeness (QED) is 0.911. The first-order valence-electron chi connectivity index (χ1n) is 6.17. The topological polar surface area (TPSA) is 61.6 Å². The summed E-state index contributed by atoms with van der Waals surface area (Å²) < 4.78 is 0. The summed E-state index contributed by atoms with van der Waals surface area (Å²) in [6, 6.07) is 9.76. The lowest BCUT2D eigenvalue weighted by Crippen LogP contribution is -2.09. The van der Waals surface area contributed by atoms with Crippen molar-refractivity contribution in [3.05, 3.63) is 53.0 Å². The second-order valence-electron chi connectivity index (χ2n) is 4.53. The maximum absolute atomic E-state index is 8.77. The van der Waals surface area contributed by atoms with Crippen molar-refractivity contribution in [2.24, 2.45) is 0 Å². The molecule has 0 aliphatic rings. The zero-order valence-corrected chi connectivity index (χ0v) is 11.3. The van der Waals surface area contributed by atoms with Gasteiger partial charge in [0.15, 0.2) is 0 Å². The number of hydrogen-bond donors (Lipinski definition) is 1. The van der Waals surface area contributed by atoms with Gasteiger partial charge >= 0.3 is 0 Å². The summed E-state index contributed by atoms with van der Waals surface area (Å²) in [6.07, 6.45) is 1.74. The zero-order valence-electron chi connectivity index (χ0n) is 11.3. The fourth-order valence-corrected chi connectivity index (χ4v) is 1.76. The van der Waals surface area contributed by atoms with Crippen LogP contribution in [0.4, 0.5) is 5.82 Å². The van der Waals surface area contributed by atoms with Crippen molar-refractivity contribution in [3.63, 3.8) is 0 Å². The number of nitrogens with zero attached hydrogens (tertiary/aromatic N) is 3. The standard InChI is InChI=1S/C15H16N4/c1-10-11(2)18-15(9-17-10)19-12(3)14-6-4-13(8-16)5-7-14/h4-7,9,12H,1-3H3,(H,18,19). The third-order valence-electron chi connectivity index (χ3n) is 3.10. The first kappa shape index (κ1) is 13.0. The number of anilines is 1. The lowest BCUT2D eigenvalue weighted by molar-refractivity contribution is 0.865. The number of nitrogens with one attached hydrogen (secondary N) is 1. The van der Waals surface area contributed by atoms with Crippen LogP contribution in [0.15, 0.2) is 30.5 Å². The number of aromatic nitrogens is 2. The average molecular weight is 252 g/mol. The molecule has 0 aliphatic heterocycles. The van der Waals surface area contributed by atoms with Gasteiger partial charge in [-0.25, -0.2) is 4.98 Å². The van der Waals surface area contributed by atoms with Crippen molar-refractivity contribution in [2.75, 3.05) is 5.32 Å². The van der Waals surface area contributed by atoms with E-state index in [-0.39, 0.29) is 6.04 Å². The summed E-state index contributed by atoms with van der Waals surface area (Å²) in [5.74, 6) is 0.764. The molecule has 0 spiro atoms. The molecule has 2 rings (SSSR count). The van der Waals surface area contributed by atoms with Gasteiger partial charge in [-0.1, -0.05) is 12.1 Å². The minimum atomic E-state index is 0.115. The Labute approximate surface area is 113 Å². The fourth-order valence-electron chi connectivity index (χ4n) is 1.76. The number of hydrogen-bond acceptors (Lipinski definition) is 4. The second-order valence-corrected chi connectivity index (χ2v) is 4.53. The third kappa shape index (κ3) is 3.08. The first-order chi connectivity index (χ1) is 9.10. The molecule has 0 radical (unpaired) electrons. The van der Waals surface area contributed by atoms with Gasteiger partial charge in [0.05, 0.1) is 29.2 Å². The molecule has 0 saturated carbocycles. The second kappa shape index (κ2) is 5.49. The largest absolute Gasteiger partial charge is 0.362 e. The summed E-state index contributed by atoms with van der Waals surface area (Å²) >= 11 is 0. The molecule has 96 valence electrons. The number of rotatable bonds is 3. The van der Waals surface area contributed by atoms with E-state index in [1.807, 2.05) is 38.1 Å². The predicted octanol–water partition coefficient (Wildman–Crippen LogP) is 3.14. The Morgan fingerprint density at radius 3 is 2.42 bits per heavy atom. The third-order valence-corrected chi connectivity index (χ3v) is 3.10. The van der Waals surface area contributed by atoms with Gasteiger partial charge < -0.3 is 5.32 Å². The zero-order chi connectivity index (χ0) is 13.8. The molecule has 0 bridgehead atoms. The van der Waals surface area contributed by atoms with E-state index in [1.54, 1.807) is 6.20 Å². The van der Waals surface area contributed by atoms with Crippen LogP contribution in [-0.4, -0.2) is 9.97 Å². The molecule has 1 unspecified atom stereocenters. The Balaban J connectivity index is 2.13. The molecule has 1 aromatic heterocycles. The number of nitriles is 1. The Bertz CT molecular complexity index is 611. The highest BCUT2D eigenvalue weighted by Gasteiger charge is 2.07. The predicted molar refractivity (Wildman–Crippen MR) is 74.7 cm³/mol. The lowest BCUT2D eigenvalue weighted by atomic mass is 10.1. The Hall–Kier alpha value is -2.41. The molecular formula is C15H16N4. The highest BCUT2D eigenvalue weighted by atomic mass is 15.0. The molecule has 1 aromatic carbocycles. The van der Waals surface area contributed by atoms with Gasteiger partial charge in [-0.3, -0.25) is 4.98 Å². The highest BCUT2D eigenvalue weighted by Crippen LogP contribution is 2.18. The average Bonchev–Trinajstić information content (AvgIpc) is 2.43. The van der Waals surface area contributed by atoms with Gasteiger partial charge in [0, 0.05) is 6.04 Å². The van der Waals surface area contributed by atoms with Crippen molar-refractivity contribution >= 4 is 5.82 Å². The molecule has 2 aromatic rings. The minimum Gasteiger partial charge on any atom is -0.362 e. The summed E-state index contributed by atoms with van der Waals surface area (Å²) in [7, 11) is 0. The monoisotopic (exact) mass is 252 g/mol. The molecule has 1 N–H and O–H groups in total. The molecule has 19 heavy (non-hydrogen) atoms. The molecule has 4 nitrogen and oxygen atoms in total. The van der Waals surface area contributed by atoms with Crippen LogP contribution in [0, 0.1) is 25.2 Å². The van der Waals surface area contributed by atoms with E-state index in [0.29, 0.717) is 5.56 Å². The molecule has 0 aliphatic carbocycles. The van der Waals surface area contributed by atoms with E-state index >= 15 is 0 Å². The summed E-state index contributed by atoms with van der Waals surface area (Å²) in [5.41, 5.74) is 3.65. The first-order valence-corrected chi connectivity index (χ1v) is 6.17. The molecule has 4 heteroatoms. The van der Waals surface area contributed by atoms with E-state index in [4.69, 9.17) is 5.26 Å². The van der Waals surface area contributed by atoms with Gasteiger partial charge in [-0.05, 0) is 38.5 Å². The molecular weight excluding hydrogens is 236 g/mol. The van der Waals surface area contributed by atoms with Crippen LogP contribution in [0.3, 0.4) is 0 Å².